The van der Waals surface area contributed by atoms with Gasteiger partial charge < -0.3 is 15.2 Å². The van der Waals surface area contributed by atoms with Gasteiger partial charge in [0.2, 0.25) is 5.89 Å². The van der Waals surface area contributed by atoms with Crippen molar-refractivity contribution >= 4 is 17.5 Å². The van der Waals surface area contributed by atoms with Gasteiger partial charge in [-0.2, -0.15) is 4.98 Å². The van der Waals surface area contributed by atoms with Gasteiger partial charge in [-0.05, 0) is 44.4 Å². The third-order valence-electron chi connectivity index (χ3n) is 3.27. The van der Waals surface area contributed by atoms with E-state index in [-0.39, 0.29) is 0 Å². The molecule has 2 N–H and O–H groups in total. The van der Waals surface area contributed by atoms with E-state index in [1.165, 1.54) is 0 Å². The predicted octanol–water partition coefficient (Wildman–Crippen LogP) is 1.68. The second-order valence-corrected chi connectivity index (χ2v) is 5.37. The lowest BCUT2D eigenvalue weighted by Crippen LogP contribution is -2.36. The second-order valence-electron chi connectivity index (χ2n) is 5.37. The summed E-state index contributed by atoms with van der Waals surface area (Å²) in [7, 11) is 0. The van der Waals surface area contributed by atoms with Crippen LogP contribution in [0.25, 0.3) is 0 Å². The maximum atomic E-state index is 11.9. The molecule has 0 radical (unpaired) electrons. The quantitative estimate of drug-likeness (QED) is 0.646. The van der Waals surface area contributed by atoms with Crippen LogP contribution < -0.4 is 10.6 Å². The molecule has 23 heavy (non-hydrogen) atoms. The van der Waals surface area contributed by atoms with Crippen LogP contribution in [-0.4, -0.2) is 28.5 Å². The number of hydrogen-bond acceptors (Lipinski definition) is 5. The number of aromatic nitrogens is 2. The summed E-state index contributed by atoms with van der Waals surface area (Å²) in [4.78, 5) is 27.7. The highest BCUT2D eigenvalue weighted by atomic mass is 16.5. The van der Waals surface area contributed by atoms with Crippen LogP contribution in [0.3, 0.4) is 0 Å². The maximum absolute atomic E-state index is 11.9. The van der Waals surface area contributed by atoms with E-state index in [9.17, 15) is 9.59 Å². The zero-order valence-corrected chi connectivity index (χ0v) is 13.5. The number of carbonyl (C=O) groups excluding carboxylic acids is 2. The molecule has 0 unspecified atom stereocenters. The van der Waals surface area contributed by atoms with E-state index in [2.05, 4.69) is 20.8 Å². The Labute approximate surface area is 134 Å². The standard InChI is InChI=1S/C16H20N4O3/c1-10-6-7-11(2)13(9-10)19-16(22)15(21)17-8-4-5-14-18-12(3)20-23-14/h6-7,9H,4-5,8H2,1-3H3,(H,17,21)(H,19,22). The Bertz CT molecular complexity index is 709. The third-order valence-corrected chi connectivity index (χ3v) is 3.27. The second kappa shape index (κ2) is 7.53. The Balaban J connectivity index is 1.76. The third kappa shape index (κ3) is 4.91. The van der Waals surface area contributed by atoms with Crippen LogP contribution in [-0.2, 0) is 16.0 Å². The van der Waals surface area contributed by atoms with E-state index < -0.39 is 11.8 Å². The number of nitrogens with one attached hydrogen (secondary N) is 2. The lowest BCUT2D eigenvalue weighted by molar-refractivity contribution is -0.136. The number of anilines is 1. The zero-order chi connectivity index (χ0) is 16.8. The Kier molecular flexibility index (Phi) is 5.46. The molecule has 2 amide bonds. The van der Waals surface area contributed by atoms with E-state index in [1.54, 1.807) is 6.92 Å². The van der Waals surface area contributed by atoms with E-state index in [0.717, 1.165) is 11.1 Å². The SMILES string of the molecule is Cc1ccc(C)c(NC(=O)C(=O)NCCCc2nc(C)no2)c1. The van der Waals surface area contributed by atoms with Gasteiger partial charge >= 0.3 is 11.8 Å². The average Bonchev–Trinajstić information content (AvgIpc) is 2.92. The Morgan fingerprint density at radius 1 is 1.17 bits per heavy atom. The number of nitrogens with zero attached hydrogens (tertiary/aromatic N) is 2. The first kappa shape index (κ1) is 16.7. The molecule has 2 rings (SSSR count). The van der Waals surface area contributed by atoms with Crippen molar-refractivity contribution < 1.29 is 14.1 Å². The minimum atomic E-state index is -0.674. The molecule has 0 saturated carbocycles. The van der Waals surface area contributed by atoms with Gasteiger partial charge in [0.25, 0.3) is 0 Å². The van der Waals surface area contributed by atoms with Crippen LogP contribution in [0.15, 0.2) is 22.7 Å². The minimum Gasteiger partial charge on any atom is -0.348 e. The predicted molar refractivity (Wildman–Crippen MR) is 84.9 cm³/mol. The van der Waals surface area contributed by atoms with Crippen molar-refractivity contribution in [3.63, 3.8) is 0 Å². The molecule has 0 bridgehead atoms. The molecular formula is C16H20N4O3. The summed E-state index contributed by atoms with van der Waals surface area (Å²) < 4.78 is 4.97. The fourth-order valence-electron chi connectivity index (χ4n) is 2.01. The summed E-state index contributed by atoms with van der Waals surface area (Å²) >= 11 is 0. The van der Waals surface area contributed by atoms with Crippen molar-refractivity contribution in [2.75, 3.05) is 11.9 Å². The Morgan fingerprint density at radius 2 is 1.96 bits per heavy atom. The summed E-state index contributed by atoms with van der Waals surface area (Å²) in [6, 6.07) is 5.68. The number of carbonyl (C=O) groups is 2. The van der Waals surface area contributed by atoms with Crippen molar-refractivity contribution in [1.29, 1.82) is 0 Å². The molecule has 1 heterocycles. The normalized spacial score (nSPS) is 10.4. The molecule has 0 aliphatic rings. The molecule has 0 aliphatic heterocycles. The van der Waals surface area contributed by atoms with Crippen LogP contribution in [0.4, 0.5) is 5.69 Å². The van der Waals surface area contributed by atoms with Gasteiger partial charge in [-0.1, -0.05) is 17.3 Å². The molecule has 0 spiro atoms. The summed E-state index contributed by atoms with van der Waals surface area (Å²) in [6.07, 6.45) is 1.17. The molecule has 1 aromatic carbocycles. The number of benzene rings is 1. The summed E-state index contributed by atoms with van der Waals surface area (Å²) in [6.45, 7) is 5.90. The smallest absolute Gasteiger partial charge is 0.313 e. The lowest BCUT2D eigenvalue weighted by atomic mass is 10.1. The molecule has 0 atom stereocenters. The van der Waals surface area contributed by atoms with Gasteiger partial charge in [-0.3, -0.25) is 9.59 Å². The highest BCUT2D eigenvalue weighted by molar-refractivity contribution is 6.39. The largest absolute Gasteiger partial charge is 0.348 e. The first-order valence-electron chi connectivity index (χ1n) is 7.41. The molecular weight excluding hydrogens is 296 g/mol. The number of rotatable bonds is 5. The molecule has 0 saturated heterocycles. The number of amides is 2. The first-order chi connectivity index (χ1) is 11.0. The van der Waals surface area contributed by atoms with Crippen LogP contribution in [0.2, 0.25) is 0 Å². The number of hydrogen-bond donors (Lipinski definition) is 2. The maximum Gasteiger partial charge on any atom is 0.313 e. The average molecular weight is 316 g/mol. The Hall–Kier alpha value is -2.70. The Morgan fingerprint density at radius 3 is 2.65 bits per heavy atom. The zero-order valence-electron chi connectivity index (χ0n) is 13.5. The van der Waals surface area contributed by atoms with Gasteiger partial charge in [-0.25, -0.2) is 0 Å². The monoisotopic (exact) mass is 316 g/mol. The van der Waals surface area contributed by atoms with Crippen LogP contribution >= 0.6 is 0 Å². The topological polar surface area (TPSA) is 97.1 Å². The van der Waals surface area contributed by atoms with Crippen molar-refractivity contribution in [2.45, 2.75) is 33.6 Å². The van der Waals surface area contributed by atoms with Crippen LogP contribution in [0.5, 0.6) is 0 Å². The molecule has 1 aromatic heterocycles. The summed E-state index contributed by atoms with van der Waals surface area (Å²) in [5, 5.41) is 8.88. The summed E-state index contributed by atoms with van der Waals surface area (Å²) in [5.41, 5.74) is 2.57. The molecule has 7 nitrogen and oxygen atoms in total. The highest BCUT2D eigenvalue weighted by Crippen LogP contribution is 2.16. The van der Waals surface area contributed by atoms with E-state index >= 15 is 0 Å². The highest BCUT2D eigenvalue weighted by Gasteiger charge is 2.14. The van der Waals surface area contributed by atoms with E-state index in [4.69, 9.17) is 4.52 Å². The van der Waals surface area contributed by atoms with Gasteiger partial charge in [0.1, 0.15) is 0 Å². The first-order valence-corrected chi connectivity index (χ1v) is 7.41. The molecule has 0 aliphatic carbocycles. The fraction of sp³-hybridized carbons (Fsp3) is 0.375. The number of aryl methyl sites for hydroxylation is 4. The van der Waals surface area contributed by atoms with Gasteiger partial charge in [0, 0.05) is 18.7 Å². The van der Waals surface area contributed by atoms with Crippen LogP contribution in [0.1, 0.15) is 29.3 Å². The van der Waals surface area contributed by atoms with E-state index in [0.29, 0.717) is 36.8 Å². The lowest BCUT2D eigenvalue weighted by Gasteiger charge is -2.09. The fourth-order valence-corrected chi connectivity index (χ4v) is 2.01. The van der Waals surface area contributed by atoms with Crippen molar-refractivity contribution in [1.82, 2.24) is 15.5 Å². The minimum absolute atomic E-state index is 0.362. The van der Waals surface area contributed by atoms with Gasteiger partial charge in [0.05, 0.1) is 0 Å². The molecule has 0 fully saturated rings. The van der Waals surface area contributed by atoms with Gasteiger partial charge in [0.15, 0.2) is 5.82 Å². The molecule has 2 aromatic rings. The summed E-state index contributed by atoms with van der Waals surface area (Å²) in [5.74, 6) is -0.228. The molecule has 122 valence electrons. The van der Waals surface area contributed by atoms with Crippen molar-refractivity contribution in [3.05, 3.63) is 41.0 Å². The molecule has 7 heteroatoms. The van der Waals surface area contributed by atoms with Gasteiger partial charge in [-0.15, -0.1) is 0 Å². The van der Waals surface area contributed by atoms with E-state index in [1.807, 2.05) is 32.0 Å². The van der Waals surface area contributed by atoms with Crippen molar-refractivity contribution in [2.24, 2.45) is 0 Å². The van der Waals surface area contributed by atoms with Crippen molar-refractivity contribution in [3.8, 4) is 0 Å². The van der Waals surface area contributed by atoms with Crippen LogP contribution in [0, 0.1) is 20.8 Å².